The number of benzene rings is 1. The van der Waals surface area contributed by atoms with Crippen molar-refractivity contribution in [2.75, 3.05) is 6.54 Å². The molecule has 1 saturated carbocycles. The van der Waals surface area contributed by atoms with E-state index in [0.29, 0.717) is 18.2 Å². The predicted molar refractivity (Wildman–Crippen MR) is 72.6 cm³/mol. The van der Waals surface area contributed by atoms with Crippen LogP contribution in [0.1, 0.15) is 43.0 Å². The molecule has 0 bridgehead atoms. The number of nitrogens with zero attached hydrogens (tertiary/aromatic N) is 1. The van der Waals surface area contributed by atoms with E-state index in [1.54, 1.807) is 0 Å². The quantitative estimate of drug-likeness (QED) is 0.831. The molecule has 1 aromatic rings. The molecule has 0 N–H and O–H groups in total. The first-order valence-corrected chi connectivity index (χ1v) is 6.87. The Balaban J connectivity index is 2.19. The van der Waals surface area contributed by atoms with E-state index >= 15 is 0 Å². The zero-order chi connectivity index (χ0) is 13.1. The molecule has 0 aromatic heterocycles. The number of hydrogen-bond donors (Lipinski definition) is 1. The molecule has 0 saturated heterocycles. The SMILES string of the molecule is CCN(C(=O)c1ccc(F)c(S)c1)C1CCCC1. The van der Waals surface area contributed by atoms with Crippen molar-refractivity contribution >= 4 is 18.5 Å². The van der Waals surface area contributed by atoms with E-state index in [4.69, 9.17) is 0 Å². The lowest BCUT2D eigenvalue weighted by Gasteiger charge is -2.27. The number of amides is 1. The fourth-order valence-electron chi connectivity index (χ4n) is 2.60. The molecule has 2 rings (SSSR count). The topological polar surface area (TPSA) is 20.3 Å². The maximum absolute atomic E-state index is 13.1. The van der Waals surface area contributed by atoms with Crippen molar-refractivity contribution in [3.05, 3.63) is 29.6 Å². The summed E-state index contributed by atoms with van der Waals surface area (Å²) in [6.45, 7) is 2.68. The lowest BCUT2D eigenvalue weighted by molar-refractivity contribution is 0.0693. The Morgan fingerprint density at radius 3 is 2.67 bits per heavy atom. The highest BCUT2D eigenvalue weighted by Gasteiger charge is 2.26. The van der Waals surface area contributed by atoms with Crippen LogP contribution in [-0.4, -0.2) is 23.4 Å². The van der Waals surface area contributed by atoms with Crippen molar-refractivity contribution in [3.63, 3.8) is 0 Å². The highest BCUT2D eigenvalue weighted by Crippen LogP contribution is 2.25. The lowest BCUT2D eigenvalue weighted by Crippen LogP contribution is -2.38. The first-order valence-electron chi connectivity index (χ1n) is 6.43. The van der Waals surface area contributed by atoms with Gasteiger partial charge >= 0.3 is 0 Å². The third kappa shape index (κ3) is 2.69. The normalized spacial score (nSPS) is 15.9. The van der Waals surface area contributed by atoms with E-state index in [-0.39, 0.29) is 10.8 Å². The smallest absolute Gasteiger partial charge is 0.254 e. The van der Waals surface area contributed by atoms with Crippen LogP contribution in [0.3, 0.4) is 0 Å². The molecule has 98 valence electrons. The summed E-state index contributed by atoms with van der Waals surface area (Å²) in [4.78, 5) is 14.5. The van der Waals surface area contributed by atoms with Gasteiger partial charge < -0.3 is 4.90 Å². The Morgan fingerprint density at radius 2 is 2.11 bits per heavy atom. The van der Waals surface area contributed by atoms with Gasteiger partial charge in [0, 0.05) is 23.0 Å². The van der Waals surface area contributed by atoms with E-state index in [9.17, 15) is 9.18 Å². The molecule has 0 heterocycles. The Hall–Kier alpha value is -1.03. The fourth-order valence-corrected chi connectivity index (χ4v) is 2.81. The summed E-state index contributed by atoms with van der Waals surface area (Å²) >= 11 is 4.02. The van der Waals surface area contributed by atoms with Crippen LogP contribution >= 0.6 is 12.6 Å². The molecule has 0 atom stereocenters. The van der Waals surface area contributed by atoms with Crippen LogP contribution in [0.5, 0.6) is 0 Å². The minimum absolute atomic E-state index is 0.0142. The summed E-state index contributed by atoms with van der Waals surface area (Å²) in [6, 6.07) is 4.70. The Kier molecular flexibility index (Phi) is 4.27. The lowest BCUT2D eigenvalue weighted by atomic mass is 10.1. The molecular formula is C14H18FNOS. The zero-order valence-corrected chi connectivity index (χ0v) is 11.4. The second-order valence-electron chi connectivity index (χ2n) is 4.70. The Morgan fingerprint density at radius 1 is 1.44 bits per heavy atom. The van der Waals surface area contributed by atoms with Gasteiger partial charge in [-0.15, -0.1) is 12.6 Å². The molecule has 2 nitrogen and oxygen atoms in total. The number of thiol groups is 1. The van der Waals surface area contributed by atoms with Crippen molar-refractivity contribution in [3.8, 4) is 0 Å². The van der Waals surface area contributed by atoms with E-state index in [0.717, 1.165) is 12.8 Å². The van der Waals surface area contributed by atoms with Crippen molar-refractivity contribution in [2.24, 2.45) is 0 Å². The van der Waals surface area contributed by atoms with Gasteiger partial charge in [-0.1, -0.05) is 12.8 Å². The van der Waals surface area contributed by atoms with Crippen LogP contribution in [-0.2, 0) is 0 Å². The van der Waals surface area contributed by atoms with Crippen LogP contribution in [0.25, 0.3) is 0 Å². The molecule has 0 radical (unpaired) electrons. The molecule has 1 aliphatic carbocycles. The van der Waals surface area contributed by atoms with Crippen LogP contribution in [0.15, 0.2) is 23.1 Å². The summed E-state index contributed by atoms with van der Waals surface area (Å²) < 4.78 is 13.1. The van der Waals surface area contributed by atoms with Crippen molar-refractivity contribution < 1.29 is 9.18 Å². The first kappa shape index (κ1) is 13.4. The number of carbonyl (C=O) groups excluding carboxylic acids is 1. The van der Waals surface area contributed by atoms with Crippen molar-refractivity contribution in [1.82, 2.24) is 4.90 Å². The van der Waals surface area contributed by atoms with Gasteiger partial charge in [0.05, 0.1) is 0 Å². The average Bonchev–Trinajstić information content (AvgIpc) is 2.87. The van der Waals surface area contributed by atoms with Gasteiger partial charge in [0.25, 0.3) is 5.91 Å². The second-order valence-corrected chi connectivity index (χ2v) is 5.18. The summed E-state index contributed by atoms with van der Waals surface area (Å²) in [6.07, 6.45) is 4.54. The zero-order valence-electron chi connectivity index (χ0n) is 10.5. The molecule has 1 aliphatic rings. The van der Waals surface area contributed by atoms with Crippen LogP contribution in [0.2, 0.25) is 0 Å². The number of carbonyl (C=O) groups is 1. The monoisotopic (exact) mass is 267 g/mol. The van der Waals surface area contributed by atoms with E-state index in [2.05, 4.69) is 12.6 Å². The van der Waals surface area contributed by atoms with Gasteiger partial charge in [-0.3, -0.25) is 4.79 Å². The highest BCUT2D eigenvalue weighted by molar-refractivity contribution is 7.80. The average molecular weight is 267 g/mol. The number of halogens is 1. The van der Waals surface area contributed by atoms with E-state index in [1.807, 2.05) is 11.8 Å². The maximum atomic E-state index is 13.1. The molecule has 4 heteroatoms. The predicted octanol–water partition coefficient (Wildman–Crippen LogP) is 3.52. The summed E-state index contributed by atoms with van der Waals surface area (Å²) in [5.74, 6) is -0.404. The standard InChI is InChI=1S/C14H18FNOS/c1-2-16(11-5-3-4-6-11)14(17)10-7-8-12(15)13(18)9-10/h7-9,11,18H,2-6H2,1H3. The summed E-state index contributed by atoms with van der Waals surface area (Å²) in [5, 5.41) is 0. The van der Waals surface area contributed by atoms with Gasteiger partial charge in [0.2, 0.25) is 0 Å². The first-order chi connectivity index (χ1) is 8.63. The highest BCUT2D eigenvalue weighted by atomic mass is 32.1. The largest absolute Gasteiger partial charge is 0.336 e. The number of rotatable bonds is 3. The molecule has 0 aliphatic heterocycles. The van der Waals surface area contributed by atoms with Crippen molar-refractivity contribution in [2.45, 2.75) is 43.5 Å². The molecule has 1 amide bonds. The minimum atomic E-state index is -0.390. The van der Waals surface area contributed by atoms with Crippen LogP contribution in [0.4, 0.5) is 4.39 Å². The van der Waals surface area contributed by atoms with E-state index in [1.165, 1.54) is 31.0 Å². The van der Waals surface area contributed by atoms with Crippen LogP contribution < -0.4 is 0 Å². The van der Waals surface area contributed by atoms with E-state index < -0.39 is 5.82 Å². The Bertz CT molecular complexity index is 443. The molecule has 0 unspecified atom stereocenters. The molecular weight excluding hydrogens is 249 g/mol. The third-order valence-electron chi connectivity index (χ3n) is 3.56. The minimum Gasteiger partial charge on any atom is -0.336 e. The molecule has 1 aromatic carbocycles. The second kappa shape index (κ2) is 5.74. The van der Waals surface area contributed by atoms with Crippen LogP contribution in [0, 0.1) is 5.82 Å². The fraction of sp³-hybridized carbons (Fsp3) is 0.500. The van der Waals surface area contributed by atoms with Gasteiger partial charge in [-0.05, 0) is 38.0 Å². The number of hydrogen-bond acceptors (Lipinski definition) is 2. The maximum Gasteiger partial charge on any atom is 0.254 e. The summed E-state index contributed by atoms with van der Waals surface area (Å²) in [7, 11) is 0. The van der Waals surface area contributed by atoms with Gasteiger partial charge in [0.1, 0.15) is 5.82 Å². The summed E-state index contributed by atoms with van der Waals surface area (Å²) in [5.41, 5.74) is 0.523. The third-order valence-corrected chi connectivity index (χ3v) is 3.90. The van der Waals surface area contributed by atoms with Gasteiger partial charge in [0.15, 0.2) is 0 Å². The molecule has 1 fully saturated rings. The van der Waals surface area contributed by atoms with Gasteiger partial charge in [-0.2, -0.15) is 0 Å². The van der Waals surface area contributed by atoms with Crippen molar-refractivity contribution in [1.29, 1.82) is 0 Å². The molecule has 18 heavy (non-hydrogen) atoms. The molecule has 0 spiro atoms. The van der Waals surface area contributed by atoms with Gasteiger partial charge in [-0.25, -0.2) is 4.39 Å². The Labute approximate surface area is 113 Å².